The largest absolute Gasteiger partial charge is 0.466 e. The topological polar surface area (TPSA) is 61.8 Å². The summed E-state index contributed by atoms with van der Waals surface area (Å²) in [5.41, 5.74) is 0. The number of carbonyl (C=O) groups is 2. The van der Waals surface area contributed by atoms with Crippen LogP contribution in [0.1, 0.15) is 104 Å². The lowest BCUT2D eigenvalue weighted by Gasteiger charge is -2.16. The highest BCUT2D eigenvalue weighted by atomic mass is 16.5. The molecule has 0 aromatic carbocycles. The van der Waals surface area contributed by atoms with Gasteiger partial charge in [-0.05, 0) is 31.6 Å². The number of ether oxygens (including phenoxy) is 3. The van der Waals surface area contributed by atoms with E-state index in [-0.39, 0.29) is 24.8 Å². The second-order valence-corrected chi connectivity index (χ2v) is 7.67. The molecule has 0 radical (unpaired) electrons. The third-order valence-electron chi connectivity index (χ3n) is 4.95. The number of methoxy groups -OCH3 is 1. The Hall–Kier alpha value is -1.10. The third-order valence-corrected chi connectivity index (χ3v) is 4.95. The van der Waals surface area contributed by atoms with E-state index >= 15 is 0 Å². The first-order valence-electron chi connectivity index (χ1n) is 11.4. The van der Waals surface area contributed by atoms with Gasteiger partial charge in [0.25, 0.3) is 0 Å². The molecule has 0 aromatic heterocycles. The smallest absolute Gasteiger partial charge is 0.305 e. The van der Waals surface area contributed by atoms with Gasteiger partial charge in [0, 0.05) is 26.6 Å². The molecule has 0 rings (SSSR count). The summed E-state index contributed by atoms with van der Waals surface area (Å²) in [6.07, 6.45) is 13.6. The summed E-state index contributed by atoms with van der Waals surface area (Å²) in [5.74, 6) is -0.0710. The fourth-order valence-electron chi connectivity index (χ4n) is 3.08. The van der Waals surface area contributed by atoms with Gasteiger partial charge in [-0.15, -0.1) is 0 Å². The number of rotatable bonds is 20. The van der Waals surface area contributed by atoms with Crippen molar-refractivity contribution in [3.63, 3.8) is 0 Å². The summed E-state index contributed by atoms with van der Waals surface area (Å²) in [6.45, 7) is 6.02. The van der Waals surface area contributed by atoms with E-state index in [1.165, 1.54) is 38.5 Å². The lowest BCUT2D eigenvalue weighted by Crippen LogP contribution is -2.16. The van der Waals surface area contributed by atoms with Crippen LogP contribution in [-0.4, -0.2) is 38.9 Å². The van der Waals surface area contributed by atoms with Crippen molar-refractivity contribution < 1.29 is 23.8 Å². The number of unbranched alkanes of at least 4 members (excludes halogenated alkanes) is 7. The van der Waals surface area contributed by atoms with Gasteiger partial charge in [0.05, 0.1) is 13.2 Å². The molecule has 1 unspecified atom stereocenters. The fraction of sp³-hybridized carbons (Fsp3) is 0.913. The molecule has 0 saturated carbocycles. The Kier molecular flexibility index (Phi) is 19.8. The van der Waals surface area contributed by atoms with Crippen LogP contribution in [-0.2, 0) is 23.8 Å². The second kappa shape index (κ2) is 20.6. The molecule has 0 fully saturated rings. The zero-order chi connectivity index (χ0) is 20.9. The molecule has 0 heterocycles. The summed E-state index contributed by atoms with van der Waals surface area (Å²) in [7, 11) is 1.70. The molecule has 1 atom stereocenters. The van der Waals surface area contributed by atoms with Crippen LogP contribution in [0.25, 0.3) is 0 Å². The van der Waals surface area contributed by atoms with Crippen molar-refractivity contribution in [3.05, 3.63) is 0 Å². The van der Waals surface area contributed by atoms with Crippen LogP contribution in [0.4, 0.5) is 0 Å². The summed E-state index contributed by atoms with van der Waals surface area (Å²) in [6, 6.07) is 0. The van der Waals surface area contributed by atoms with E-state index in [1.54, 1.807) is 7.11 Å². The molecule has 0 amide bonds. The summed E-state index contributed by atoms with van der Waals surface area (Å²) < 4.78 is 15.8. The minimum atomic E-state index is -0.221. The zero-order valence-electron chi connectivity index (χ0n) is 18.6. The van der Waals surface area contributed by atoms with Crippen LogP contribution in [0.5, 0.6) is 0 Å². The summed E-state index contributed by atoms with van der Waals surface area (Å²) in [4.78, 5) is 23.6. The molecule has 166 valence electrons. The molecule has 0 aliphatic heterocycles. The maximum absolute atomic E-state index is 11.9. The highest BCUT2D eigenvalue weighted by Crippen LogP contribution is 2.15. The number of carbonyl (C=O) groups excluding carboxylic acids is 2. The van der Waals surface area contributed by atoms with Gasteiger partial charge in [-0.1, -0.05) is 65.2 Å². The van der Waals surface area contributed by atoms with Crippen LogP contribution < -0.4 is 0 Å². The fourth-order valence-corrected chi connectivity index (χ4v) is 3.08. The van der Waals surface area contributed by atoms with Crippen LogP contribution in [0.2, 0.25) is 0 Å². The van der Waals surface area contributed by atoms with E-state index in [1.807, 2.05) is 0 Å². The Morgan fingerprint density at radius 2 is 1.29 bits per heavy atom. The van der Waals surface area contributed by atoms with Gasteiger partial charge in [-0.3, -0.25) is 9.59 Å². The van der Waals surface area contributed by atoms with Crippen molar-refractivity contribution >= 4 is 11.9 Å². The van der Waals surface area contributed by atoms with Gasteiger partial charge in [0.2, 0.25) is 0 Å². The van der Waals surface area contributed by atoms with Crippen molar-refractivity contribution in [2.45, 2.75) is 104 Å². The first kappa shape index (κ1) is 26.9. The first-order valence-corrected chi connectivity index (χ1v) is 11.4. The van der Waals surface area contributed by atoms with Crippen molar-refractivity contribution in [2.75, 3.05) is 26.9 Å². The molecule has 5 heteroatoms. The lowest BCUT2D eigenvalue weighted by atomic mass is 9.99. The van der Waals surface area contributed by atoms with E-state index in [0.29, 0.717) is 32.2 Å². The molecule has 0 aliphatic rings. The van der Waals surface area contributed by atoms with Gasteiger partial charge in [-0.2, -0.15) is 0 Å². The lowest BCUT2D eigenvalue weighted by molar-refractivity contribution is -0.146. The predicted octanol–water partition coefficient (Wildman–Crippen LogP) is 5.84. The standard InChI is InChI=1S/C23H44O5/c1-4-6-8-9-10-12-18-27-22(24)15-13-16-23(25)28-20-21(17-19-26-3)14-11-7-5-2/h21H,4-20H2,1-3H3. The normalized spacial score (nSPS) is 12.0. The van der Waals surface area contributed by atoms with E-state index in [4.69, 9.17) is 14.2 Å². The number of hydrogen-bond donors (Lipinski definition) is 0. The predicted molar refractivity (Wildman–Crippen MR) is 113 cm³/mol. The molecule has 28 heavy (non-hydrogen) atoms. The van der Waals surface area contributed by atoms with Crippen molar-refractivity contribution in [1.29, 1.82) is 0 Å². The Morgan fingerprint density at radius 3 is 1.96 bits per heavy atom. The average molecular weight is 401 g/mol. The van der Waals surface area contributed by atoms with E-state index < -0.39 is 0 Å². The highest BCUT2D eigenvalue weighted by molar-refractivity contribution is 5.72. The monoisotopic (exact) mass is 400 g/mol. The molecular formula is C23H44O5. The average Bonchev–Trinajstić information content (AvgIpc) is 2.69. The molecule has 0 saturated heterocycles. The molecule has 0 aromatic rings. The minimum absolute atomic E-state index is 0.209. The Bertz CT molecular complexity index is 370. The quantitative estimate of drug-likeness (QED) is 0.190. The maximum atomic E-state index is 11.9. The molecule has 0 bridgehead atoms. The Labute approximate surface area is 172 Å². The van der Waals surface area contributed by atoms with Crippen LogP contribution >= 0.6 is 0 Å². The number of esters is 2. The molecule has 5 nitrogen and oxygen atoms in total. The highest BCUT2D eigenvalue weighted by Gasteiger charge is 2.13. The van der Waals surface area contributed by atoms with Crippen molar-refractivity contribution in [3.8, 4) is 0 Å². The van der Waals surface area contributed by atoms with E-state index in [9.17, 15) is 9.59 Å². The van der Waals surface area contributed by atoms with Gasteiger partial charge in [-0.25, -0.2) is 0 Å². The number of hydrogen-bond acceptors (Lipinski definition) is 5. The van der Waals surface area contributed by atoms with Gasteiger partial charge >= 0.3 is 11.9 Å². The Morgan fingerprint density at radius 1 is 0.679 bits per heavy atom. The first-order chi connectivity index (χ1) is 13.6. The van der Waals surface area contributed by atoms with Gasteiger partial charge in [0.1, 0.15) is 0 Å². The van der Waals surface area contributed by atoms with Crippen molar-refractivity contribution in [1.82, 2.24) is 0 Å². The molecule has 0 aliphatic carbocycles. The van der Waals surface area contributed by atoms with Gasteiger partial charge < -0.3 is 14.2 Å². The molecule has 0 spiro atoms. The summed E-state index contributed by atoms with van der Waals surface area (Å²) >= 11 is 0. The Balaban J connectivity index is 3.72. The van der Waals surface area contributed by atoms with E-state index in [2.05, 4.69) is 13.8 Å². The van der Waals surface area contributed by atoms with Crippen molar-refractivity contribution in [2.24, 2.45) is 5.92 Å². The second-order valence-electron chi connectivity index (χ2n) is 7.67. The van der Waals surface area contributed by atoms with Crippen LogP contribution in [0.3, 0.4) is 0 Å². The van der Waals surface area contributed by atoms with Gasteiger partial charge in [0.15, 0.2) is 0 Å². The minimum Gasteiger partial charge on any atom is -0.466 e. The zero-order valence-corrected chi connectivity index (χ0v) is 18.6. The van der Waals surface area contributed by atoms with Crippen LogP contribution in [0, 0.1) is 5.92 Å². The van der Waals surface area contributed by atoms with E-state index in [0.717, 1.165) is 32.1 Å². The third kappa shape index (κ3) is 18.3. The molecular weight excluding hydrogens is 356 g/mol. The maximum Gasteiger partial charge on any atom is 0.305 e. The van der Waals surface area contributed by atoms with Crippen LogP contribution in [0.15, 0.2) is 0 Å². The molecule has 0 N–H and O–H groups in total. The SMILES string of the molecule is CCCCCCCCOC(=O)CCCC(=O)OCC(CCCCC)CCOC. The summed E-state index contributed by atoms with van der Waals surface area (Å²) in [5, 5.41) is 0.